The van der Waals surface area contributed by atoms with Gasteiger partial charge in [-0.15, -0.1) is 0 Å². The van der Waals surface area contributed by atoms with Crippen LogP contribution in [0.5, 0.6) is 0 Å². The van der Waals surface area contributed by atoms with Gasteiger partial charge in [-0.3, -0.25) is 0 Å². The van der Waals surface area contributed by atoms with Gasteiger partial charge in [-0.05, 0) is 56.0 Å². The van der Waals surface area contributed by atoms with Crippen LogP contribution in [0.25, 0.3) is 17.0 Å². The van der Waals surface area contributed by atoms with Crippen molar-refractivity contribution in [2.45, 2.75) is 25.7 Å². The zero-order valence-corrected chi connectivity index (χ0v) is 10.9. The smallest absolute Gasteiger partial charge is 0.0459 e. The van der Waals surface area contributed by atoms with E-state index < -0.39 is 0 Å². The van der Waals surface area contributed by atoms with Gasteiger partial charge in [0.1, 0.15) is 0 Å². The van der Waals surface area contributed by atoms with Crippen LogP contribution in [0.2, 0.25) is 0 Å². The number of hydrogen-bond donors (Lipinski definition) is 2. The van der Waals surface area contributed by atoms with Gasteiger partial charge in [0.2, 0.25) is 0 Å². The summed E-state index contributed by atoms with van der Waals surface area (Å²) < 4.78 is 0. The van der Waals surface area contributed by atoms with Crippen molar-refractivity contribution in [2.75, 3.05) is 13.6 Å². The van der Waals surface area contributed by atoms with Crippen LogP contribution in [0.4, 0.5) is 0 Å². The highest BCUT2D eigenvalue weighted by Gasteiger charge is 2.14. The molecule has 2 aromatic rings. The third-order valence-corrected chi connectivity index (χ3v) is 3.75. The summed E-state index contributed by atoms with van der Waals surface area (Å²) in [6, 6.07) is 6.73. The molecule has 0 saturated carbocycles. The molecule has 0 fully saturated rings. The van der Waals surface area contributed by atoms with Crippen molar-refractivity contribution in [3.8, 4) is 0 Å². The van der Waals surface area contributed by atoms with Gasteiger partial charge in [-0.2, -0.15) is 0 Å². The summed E-state index contributed by atoms with van der Waals surface area (Å²) in [5.41, 5.74) is 5.62. The Hall–Kier alpha value is -1.54. The van der Waals surface area contributed by atoms with Crippen LogP contribution >= 0.6 is 0 Å². The molecule has 3 rings (SSSR count). The van der Waals surface area contributed by atoms with E-state index in [1.54, 1.807) is 5.56 Å². The number of rotatable bonds is 3. The minimum Gasteiger partial charge on any atom is -0.358 e. The predicted molar refractivity (Wildman–Crippen MR) is 77.9 cm³/mol. The number of aryl methyl sites for hydroxylation is 2. The Labute approximate surface area is 108 Å². The lowest BCUT2D eigenvalue weighted by atomic mass is 9.95. The minimum atomic E-state index is 0.920. The normalized spacial score (nSPS) is 15.4. The van der Waals surface area contributed by atoms with Crippen molar-refractivity contribution in [1.82, 2.24) is 10.3 Å². The highest BCUT2D eigenvalue weighted by atomic mass is 14.8. The molecule has 2 heteroatoms. The molecule has 1 aromatic heterocycles. The van der Waals surface area contributed by atoms with Crippen LogP contribution < -0.4 is 5.32 Å². The van der Waals surface area contributed by atoms with Crippen molar-refractivity contribution in [3.63, 3.8) is 0 Å². The summed E-state index contributed by atoms with van der Waals surface area (Å²) in [6.07, 6.45) is 9.47. The van der Waals surface area contributed by atoms with E-state index in [9.17, 15) is 0 Å². The summed E-state index contributed by atoms with van der Waals surface area (Å²) in [6.45, 7) is 0.920. The monoisotopic (exact) mass is 240 g/mol. The van der Waals surface area contributed by atoms with Gasteiger partial charge >= 0.3 is 0 Å². The highest BCUT2D eigenvalue weighted by Crippen LogP contribution is 2.29. The molecule has 2 nitrogen and oxygen atoms in total. The highest BCUT2D eigenvalue weighted by molar-refractivity contribution is 5.87. The number of benzene rings is 1. The molecule has 0 unspecified atom stereocenters. The van der Waals surface area contributed by atoms with Crippen molar-refractivity contribution in [2.24, 2.45) is 0 Å². The van der Waals surface area contributed by atoms with Crippen molar-refractivity contribution < 1.29 is 0 Å². The Kier molecular flexibility index (Phi) is 3.20. The molecule has 94 valence electrons. The number of nitrogens with one attached hydrogen (secondary N) is 2. The lowest BCUT2D eigenvalue weighted by molar-refractivity contribution is 0.680. The second-order valence-corrected chi connectivity index (χ2v) is 5.05. The van der Waals surface area contributed by atoms with Gasteiger partial charge in [-0.1, -0.05) is 18.2 Å². The van der Waals surface area contributed by atoms with E-state index in [4.69, 9.17) is 0 Å². The Bertz CT molecular complexity index is 578. The van der Waals surface area contributed by atoms with E-state index >= 15 is 0 Å². The van der Waals surface area contributed by atoms with Crippen molar-refractivity contribution in [1.29, 1.82) is 0 Å². The van der Waals surface area contributed by atoms with Crippen LogP contribution in [-0.4, -0.2) is 18.6 Å². The zero-order valence-electron chi connectivity index (χ0n) is 10.9. The van der Waals surface area contributed by atoms with Gasteiger partial charge in [0.15, 0.2) is 0 Å². The van der Waals surface area contributed by atoms with Crippen LogP contribution in [0.15, 0.2) is 24.3 Å². The Morgan fingerprint density at radius 2 is 2.17 bits per heavy atom. The summed E-state index contributed by atoms with van der Waals surface area (Å²) >= 11 is 0. The average Bonchev–Trinajstić information content (AvgIpc) is 2.77. The fourth-order valence-corrected chi connectivity index (χ4v) is 2.84. The largest absolute Gasteiger partial charge is 0.358 e. The number of fused-ring (bicyclic) bond motifs is 3. The van der Waals surface area contributed by atoms with E-state index in [1.165, 1.54) is 47.8 Å². The number of likely N-dealkylation sites (N-methyl/N-ethyl adjacent to an activating group) is 1. The van der Waals surface area contributed by atoms with E-state index in [1.807, 2.05) is 7.05 Å². The van der Waals surface area contributed by atoms with Gasteiger partial charge in [0.25, 0.3) is 0 Å². The summed E-state index contributed by atoms with van der Waals surface area (Å²) in [5, 5.41) is 4.55. The second kappa shape index (κ2) is 4.99. The molecule has 1 aliphatic carbocycles. The molecule has 0 atom stereocenters. The molecule has 18 heavy (non-hydrogen) atoms. The Balaban J connectivity index is 2.00. The molecule has 0 bridgehead atoms. The predicted octanol–water partition coefficient (Wildman–Crippen LogP) is 3.28. The molecule has 2 N–H and O–H groups in total. The quantitative estimate of drug-likeness (QED) is 0.846. The van der Waals surface area contributed by atoms with Crippen molar-refractivity contribution >= 4 is 17.0 Å². The van der Waals surface area contributed by atoms with Gasteiger partial charge in [-0.25, -0.2) is 0 Å². The Morgan fingerprint density at radius 1 is 1.28 bits per heavy atom. The first-order valence-corrected chi connectivity index (χ1v) is 6.83. The van der Waals surface area contributed by atoms with E-state index in [0.717, 1.165) is 6.54 Å². The van der Waals surface area contributed by atoms with Gasteiger partial charge in [0, 0.05) is 23.1 Å². The third-order valence-electron chi connectivity index (χ3n) is 3.75. The van der Waals surface area contributed by atoms with Crippen LogP contribution in [0.1, 0.15) is 29.7 Å². The first-order chi connectivity index (χ1) is 8.88. The van der Waals surface area contributed by atoms with Crippen LogP contribution in [0, 0.1) is 0 Å². The number of H-pyrrole nitrogens is 1. The summed E-state index contributed by atoms with van der Waals surface area (Å²) in [4.78, 5) is 3.57. The maximum atomic E-state index is 3.57. The molecular formula is C16H20N2. The lowest BCUT2D eigenvalue weighted by Gasteiger charge is -2.10. The molecule has 0 amide bonds. The summed E-state index contributed by atoms with van der Waals surface area (Å²) in [7, 11) is 1.97. The van der Waals surface area contributed by atoms with E-state index in [-0.39, 0.29) is 0 Å². The van der Waals surface area contributed by atoms with Gasteiger partial charge in [0.05, 0.1) is 0 Å². The standard InChI is InChI=1S/C16H20N2/c1-17-10-4-5-12-8-9-16-14(11-12)13-6-2-3-7-15(13)18-16/h4-5,8-9,11,17-18H,2-3,6-7,10H2,1H3. The fraction of sp³-hybridized carbons (Fsp3) is 0.375. The molecular weight excluding hydrogens is 220 g/mol. The zero-order chi connectivity index (χ0) is 12.4. The SMILES string of the molecule is CNCC=Cc1ccc2[nH]c3c(c2c1)CCCC3. The average molecular weight is 240 g/mol. The molecule has 0 radical (unpaired) electrons. The maximum absolute atomic E-state index is 3.57. The second-order valence-electron chi connectivity index (χ2n) is 5.05. The molecule has 0 saturated heterocycles. The van der Waals surface area contributed by atoms with E-state index in [0.29, 0.717) is 0 Å². The number of aromatic nitrogens is 1. The topological polar surface area (TPSA) is 27.8 Å². The number of aromatic amines is 1. The molecule has 0 spiro atoms. The van der Waals surface area contributed by atoms with Crippen molar-refractivity contribution in [3.05, 3.63) is 41.1 Å². The molecule has 1 heterocycles. The Morgan fingerprint density at radius 3 is 3.06 bits per heavy atom. The van der Waals surface area contributed by atoms with Crippen LogP contribution in [0.3, 0.4) is 0 Å². The first-order valence-electron chi connectivity index (χ1n) is 6.83. The van der Waals surface area contributed by atoms with Gasteiger partial charge < -0.3 is 10.3 Å². The fourth-order valence-electron chi connectivity index (χ4n) is 2.84. The first kappa shape index (κ1) is 11.5. The third kappa shape index (κ3) is 2.08. The molecule has 0 aliphatic heterocycles. The summed E-state index contributed by atoms with van der Waals surface area (Å²) in [5.74, 6) is 0. The maximum Gasteiger partial charge on any atom is 0.0459 e. The molecule has 1 aliphatic rings. The van der Waals surface area contributed by atoms with Crippen LogP contribution in [-0.2, 0) is 12.8 Å². The van der Waals surface area contributed by atoms with E-state index in [2.05, 4.69) is 40.7 Å². The minimum absolute atomic E-state index is 0.920. The lowest BCUT2D eigenvalue weighted by Crippen LogP contribution is -2.03. The molecule has 1 aromatic carbocycles. The number of hydrogen-bond acceptors (Lipinski definition) is 1.